The van der Waals surface area contributed by atoms with E-state index in [1.807, 2.05) is 24.3 Å². The molecule has 1 amide bonds. The molecule has 0 atom stereocenters. The van der Waals surface area contributed by atoms with Crippen molar-refractivity contribution in [3.05, 3.63) is 35.0 Å². The van der Waals surface area contributed by atoms with Crippen LogP contribution in [0.15, 0.2) is 24.3 Å². The van der Waals surface area contributed by atoms with Crippen molar-refractivity contribution in [3.8, 4) is 0 Å². The fourth-order valence-corrected chi connectivity index (χ4v) is 1.96. The van der Waals surface area contributed by atoms with E-state index in [0.29, 0.717) is 16.8 Å². The van der Waals surface area contributed by atoms with Gasteiger partial charge >= 0.3 is 0 Å². The summed E-state index contributed by atoms with van der Waals surface area (Å²) in [4.78, 5) is 14.8. The zero-order chi connectivity index (χ0) is 11.1. The number of amides is 1. The fraction of sp³-hybridized carbons (Fsp3) is 0.250. The van der Waals surface area contributed by atoms with Gasteiger partial charge in [0.1, 0.15) is 5.69 Å². The van der Waals surface area contributed by atoms with E-state index in [0.717, 1.165) is 23.7 Å². The van der Waals surface area contributed by atoms with Crippen LogP contribution in [0.1, 0.15) is 23.3 Å². The lowest BCUT2D eigenvalue weighted by molar-refractivity contribution is 0.0947. The normalized spacial score (nSPS) is 15.3. The molecule has 3 nitrogen and oxygen atoms in total. The van der Waals surface area contributed by atoms with Crippen molar-refractivity contribution in [2.75, 3.05) is 0 Å². The third kappa shape index (κ3) is 1.67. The van der Waals surface area contributed by atoms with Crippen LogP contribution < -0.4 is 5.32 Å². The maximum absolute atomic E-state index is 11.8. The summed E-state index contributed by atoms with van der Waals surface area (Å²) in [6.45, 7) is 0. The Bertz CT molecular complexity index is 557. The minimum Gasteiger partial charge on any atom is -0.349 e. The number of rotatable bonds is 2. The monoisotopic (exact) mass is 234 g/mol. The summed E-state index contributed by atoms with van der Waals surface area (Å²) in [5.41, 5.74) is 1.40. The van der Waals surface area contributed by atoms with E-state index >= 15 is 0 Å². The first-order valence-electron chi connectivity index (χ1n) is 5.32. The maximum atomic E-state index is 11.8. The Morgan fingerprint density at radius 2 is 2.25 bits per heavy atom. The summed E-state index contributed by atoms with van der Waals surface area (Å²) in [6.07, 6.45) is 2.18. The number of carbonyl (C=O) groups excluding carboxylic acids is 1. The Balaban J connectivity index is 1.97. The number of hydrogen-bond acceptors (Lipinski definition) is 1. The van der Waals surface area contributed by atoms with Gasteiger partial charge in [0.05, 0.1) is 10.5 Å². The van der Waals surface area contributed by atoms with Gasteiger partial charge in [0, 0.05) is 11.4 Å². The summed E-state index contributed by atoms with van der Waals surface area (Å²) in [7, 11) is 0. The molecule has 0 saturated heterocycles. The molecular weight excluding hydrogens is 224 g/mol. The number of halogens is 1. The molecule has 2 N–H and O–H groups in total. The predicted molar refractivity (Wildman–Crippen MR) is 63.8 cm³/mol. The zero-order valence-electron chi connectivity index (χ0n) is 8.59. The number of H-pyrrole nitrogens is 1. The highest BCUT2D eigenvalue weighted by atomic mass is 35.5. The Morgan fingerprint density at radius 1 is 1.44 bits per heavy atom. The molecule has 0 spiro atoms. The summed E-state index contributed by atoms with van der Waals surface area (Å²) in [5, 5.41) is 4.55. The van der Waals surface area contributed by atoms with Crippen LogP contribution in [0, 0.1) is 0 Å². The lowest BCUT2D eigenvalue weighted by Crippen LogP contribution is -2.25. The molecule has 16 heavy (non-hydrogen) atoms. The van der Waals surface area contributed by atoms with Gasteiger partial charge in [0.2, 0.25) is 0 Å². The average molecular weight is 235 g/mol. The fourth-order valence-electron chi connectivity index (χ4n) is 1.73. The third-order valence-corrected chi connectivity index (χ3v) is 3.08. The molecule has 3 rings (SSSR count). The van der Waals surface area contributed by atoms with Gasteiger partial charge in [-0.25, -0.2) is 0 Å². The van der Waals surface area contributed by atoms with Crippen molar-refractivity contribution < 1.29 is 4.79 Å². The molecule has 0 radical (unpaired) electrons. The third-order valence-electron chi connectivity index (χ3n) is 2.76. The van der Waals surface area contributed by atoms with Crippen molar-refractivity contribution in [2.24, 2.45) is 0 Å². The Hall–Kier alpha value is -1.48. The predicted octanol–water partition coefficient (Wildman–Crippen LogP) is 2.71. The van der Waals surface area contributed by atoms with Gasteiger partial charge in [-0.2, -0.15) is 0 Å². The first-order valence-corrected chi connectivity index (χ1v) is 5.70. The minimum atomic E-state index is -0.0465. The molecule has 0 aliphatic heterocycles. The van der Waals surface area contributed by atoms with Crippen molar-refractivity contribution in [3.63, 3.8) is 0 Å². The number of benzene rings is 1. The molecule has 82 valence electrons. The van der Waals surface area contributed by atoms with Crippen molar-refractivity contribution in [2.45, 2.75) is 18.9 Å². The smallest absolute Gasteiger partial charge is 0.267 e. The van der Waals surface area contributed by atoms with Crippen LogP contribution in [0.25, 0.3) is 10.9 Å². The SMILES string of the molecule is O=C(NC1CC1)c1cc2cccc(Cl)c2[nH]1. The Kier molecular flexibility index (Phi) is 2.14. The molecule has 0 unspecified atom stereocenters. The molecule has 1 aromatic carbocycles. The quantitative estimate of drug-likeness (QED) is 0.825. The molecule has 0 bridgehead atoms. The van der Waals surface area contributed by atoms with Gasteiger partial charge < -0.3 is 10.3 Å². The summed E-state index contributed by atoms with van der Waals surface area (Å²) >= 11 is 6.03. The molecular formula is C12H11ClN2O. The zero-order valence-corrected chi connectivity index (χ0v) is 9.34. The van der Waals surface area contributed by atoms with Gasteiger partial charge in [-0.1, -0.05) is 23.7 Å². The van der Waals surface area contributed by atoms with Gasteiger partial charge in [0.25, 0.3) is 5.91 Å². The van der Waals surface area contributed by atoms with E-state index in [-0.39, 0.29) is 5.91 Å². The summed E-state index contributed by atoms with van der Waals surface area (Å²) < 4.78 is 0. The molecule has 2 aromatic rings. The van der Waals surface area contributed by atoms with Gasteiger partial charge in [-0.3, -0.25) is 4.79 Å². The second kappa shape index (κ2) is 3.52. The second-order valence-electron chi connectivity index (χ2n) is 4.13. The van der Waals surface area contributed by atoms with Crippen LogP contribution in [-0.2, 0) is 0 Å². The molecule has 1 heterocycles. The lowest BCUT2D eigenvalue weighted by Gasteiger charge is -1.99. The topological polar surface area (TPSA) is 44.9 Å². The number of aromatic nitrogens is 1. The number of carbonyl (C=O) groups is 1. The molecule has 1 aliphatic carbocycles. The second-order valence-corrected chi connectivity index (χ2v) is 4.54. The number of nitrogens with one attached hydrogen (secondary N) is 2. The Morgan fingerprint density at radius 3 is 2.94 bits per heavy atom. The van der Waals surface area contributed by atoms with Crippen LogP contribution in [0.3, 0.4) is 0 Å². The number of aromatic amines is 1. The van der Waals surface area contributed by atoms with Crippen LogP contribution in [0.4, 0.5) is 0 Å². The molecule has 4 heteroatoms. The number of para-hydroxylation sites is 1. The largest absolute Gasteiger partial charge is 0.349 e. The molecule has 1 saturated carbocycles. The van der Waals surface area contributed by atoms with E-state index < -0.39 is 0 Å². The molecule has 1 aromatic heterocycles. The standard InChI is InChI=1S/C12H11ClN2O/c13-9-3-1-2-7-6-10(15-11(7)9)12(16)14-8-4-5-8/h1-3,6,8,15H,4-5H2,(H,14,16). The van der Waals surface area contributed by atoms with Gasteiger partial charge in [-0.05, 0) is 25.0 Å². The number of hydrogen-bond donors (Lipinski definition) is 2. The van der Waals surface area contributed by atoms with Crippen molar-refractivity contribution in [1.29, 1.82) is 0 Å². The van der Waals surface area contributed by atoms with Gasteiger partial charge in [-0.15, -0.1) is 0 Å². The van der Waals surface area contributed by atoms with Crippen LogP contribution >= 0.6 is 11.6 Å². The lowest BCUT2D eigenvalue weighted by atomic mass is 10.2. The van der Waals surface area contributed by atoms with Crippen molar-refractivity contribution >= 4 is 28.4 Å². The molecule has 1 aliphatic rings. The highest BCUT2D eigenvalue weighted by Crippen LogP contribution is 2.24. The van der Waals surface area contributed by atoms with Crippen molar-refractivity contribution in [1.82, 2.24) is 10.3 Å². The van der Waals surface area contributed by atoms with E-state index in [4.69, 9.17) is 11.6 Å². The highest BCUT2D eigenvalue weighted by molar-refractivity contribution is 6.35. The first-order chi connectivity index (χ1) is 7.74. The number of fused-ring (bicyclic) bond motifs is 1. The van der Waals surface area contributed by atoms with Crippen LogP contribution in [-0.4, -0.2) is 16.9 Å². The van der Waals surface area contributed by atoms with E-state index in [2.05, 4.69) is 10.3 Å². The van der Waals surface area contributed by atoms with E-state index in [1.54, 1.807) is 0 Å². The Labute approximate surface area is 97.8 Å². The van der Waals surface area contributed by atoms with E-state index in [1.165, 1.54) is 0 Å². The van der Waals surface area contributed by atoms with Crippen LogP contribution in [0.2, 0.25) is 5.02 Å². The van der Waals surface area contributed by atoms with E-state index in [9.17, 15) is 4.79 Å². The first kappa shape index (κ1) is 9.73. The van der Waals surface area contributed by atoms with Gasteiger partial charge in [0.15, 0.2) is 0 Å². The van der Waals surface area contributed by atoms with Crippen LogP contribution in [0.5, 0.6) is 0 Å². The summed E-state index contributed by atoms with van der Waals surface area (Å²) in [6, 6.07) is 7.82. The maximum Gasteiger partial charge on any atom is 0.267 e. The molecule has 1 fully saturated rings. The highest BCUT2D eigenvalue weighted by Gasteiger charge is 2.24. The average Bonchev–Trinajstić information content (AvgIpc) is 2.95. The summed E-state index contributed by atoms with van der Waals surface area (Å²) in [5.74, 6) is -0.0465. The minimum absolute atomic E-state index is 0.0465.